The summed E-state index contributed by atoms with van der Waals surface area (Å²) in [5.41, 5.74) is 0.0830. The summed E-state index contributed by atoms with van der Waals surface area (Å²) in [5.74, 6) is -3.72. The van der Waals surface area contributed by atoms with Gasteiger partial charge in [-0.25, -0.2) is 14.5 Å². The van der Waals surface area contributed by atoms with Gasteiger partial charge in [0.2, 0.25) is 5.91 Å². The van der Waals surface area contributed by atoms with Crippen LogP contribution in [0.15, 0.2) is 18.2 Å². The van der Waals surface area contributed by atoms with Crippen molar-refractivity contribution in [2.45, 2.75) is 25.3 Å². The van der Waals surface area contributed by atoms with Crippen molar-refractivity contribution < 1.29 is 38.6 Å². The number of carboxylic acid groups (broad SMARTS) is 1. The Hall–Kier alpha value is -3.27. The Labute approximate surface area is 172 Å². The van der Waals surface area contributed by atoms with Crippen molar-refractivity contribution in [3.63, 3.8) is 0 Å². The van der Waals surface area contributed by atoms with Crippen LogP contribution in [-0.2, 0) is 23.9 Å². The van der Waals surface area contributed by atoms with Gasteiger partial charge in [-0.05, 0) is 44.1 Å². The third kappa shape index (κ3) is 4.04. The van der Waals surface area contributed by atoms with Crippen LogP contribution in [0.5, 0.6) is 0 Å². The van der Waals surface area contributed by atoms with Gasteiger partial charge in [0.15, 0.2) is 0 Å². The number of carbonyl (C=O) groups excluding carboxylic acids is 4. The Morgan fingerprint density at radius 1 is 0.967 bits per heavy atom. The van der Waals surface area contributed by atoms with Crippen molar-refractivity contribution in [1.29, 1.82) is 0 Å². The number of carbonyl (C=O) groups is 5. The number of likely N-dealkylation sites (tertiary alicyclic amines) is 1. The number of benzene rings is 1. The highest BCUT2D eigenvalue weighted by atomic mass is 16.5. The second kappa shape index (κ2) is 8.62. The molecule has 2 aliphatic heterocycles. The van der Waals surface area contributed by atoms with E-state index in [0.717, 1.165) is 4.90 Å². The lowest BCUT2D eigenvalue weighted by atomic mass is 9.95. The van der Waals surface area contributed by atoms with E-state index < -0.39 is 41.7 Å². The number of aliphatic carboxylic acids is 1. The van der Waals surface area contributed by atoms with Crippen LogP contribution in [-0.4, -0.2) is 73.1 Å². The normalized spacial score (nSPS) is 20.3. The monoisotopic (exact) mass is 418 g/mol. The fraction of sp³-hybridized carbons (Fsp3) is 0.450. The molecule has 10 nitrogen and oxygen atoms in total. The summed E-state index contributed by atoms with van der Waals surface area (Å²) in [6.45, 7) is 0.786. The van der Waals surface area contributed by atoms with Crippen LogP contribution in [0.2, 0.25) is 0 Å². The number of methoxy groups -OCH3 is 2. The highest BCUT2D eigenvalue weighted by Crippen LogP contribution is 2.30. The molecule has 1 aromatic carbocycles. The molecule has 0 aliphatic carbocycles. The van der Waals surface area contributed by atoms with E-state index in [0.29, 0.717) is 25.9 Å². The van der Waals surface area contributed by atoms with Crippen LogP contribution in [0, 0.1) is 5.92 Å². The first-order valence-corrected chi connectivity index (χ1v) is 9.42. The molecule has 30 heavy (non-hydrogen) atoms. The molecule has 2 heterocycles. The predicted molar refractivity (Wildman–Crippen MR) is 102 cm³/mol. The molecule has 2 fully saturated rings. The van der Waals surface area contributed by atoms with Crippen LogP contribution in [0.3, 0.4) is 0 Å². The smallest absolute Gasteiger partial charge is 0.337 e. The number of nitrogens with zero attached hydrogens (tertiary/aromatic N) is 2. The van der Waals surface area contributed by atoms with Gasteiger partial charge in [0.05, 0.1) is 49.4 Å². The first kappa shape index (κ1) is 21.4. The summed E-state index contributed by atoms with van der Waals surface area (Å²) in [7, 11) is 2.35. The Bertz CT molecular complexity index is 870. The lowest BCUT2D eigenvalue weighted by molar-refractivity contribution is -0.143. The average molecular weight is 418 g/mol. The number of imide groups is 1. The van der Waals surface area contributed by atoms with Crippen molar-refractivity contribution in [3.05, 3.63) is 29.3 Å². The number of hydrogen-bond donors (Lipinski definition) is 1. The molecule has 0 saturated carbocycles. The molecule has 2 amide bonds. The first-order valence-electron chi connectivity index (χ1n) is 9.42. The minimum atomic E-state index is -0.861. The molecule has 0 radical (unpaired) electrons. The predicted octanol–water partition coefficient (Wildman–Crippen LogP) is 0.688. The maximum Gasteiger partial charge on any atom is 0.337 e. The molecule has 0 bridgehead atoms. The van der Waals surface area contributed by atoms with Crippen LogP contribution in [0.1, 0.15) is 40.0 Å². The van der Waals surface area contributed by atoms with E-state index in [4.69, 9.17) is 5.11 Å². The minimum Gasteiger partial charge on any atom is -0.481 e. The van der Waals surface area contributed by atoms with Gasteiger partial charge in [0.1, 0.15) is 0 Å². The van der Waals surface area contributed by atoms with Gasteiger partial charge in [-0.3, -0.25) is 19.3 Å². The molecule has 1 N–H and O–H groups in total. The highest BCUT2D eigenvalue weighted by molar-refractivity contribution is 6.23. The fourth-order valence-corrected chi connectivity index (χ4v) is 3.84. The third-order valence-corrected chi connectivity index (χ3v) is 5.46. The van der Waals surface area contributed by atoms with E-state index in [9.17, 15) is 24.0 Å². The van der Waals surface area contributed by atoms with Crippen LogP contribution < -0.4 is 4.90 Å². The van der Waals surface area contributed by atoms with Crippen molar-refractivity contribution >= 4 is 35.4 Å². The van der Waals surface area contributed by atoms with Crippen molar-refractivity contribution in [3.8, 4) is 0 Å². The number of esters is 2. The van der Waals surface area contributed by atoms with E-state index in [-0.39, 0.29) is 23.2 Å². The van der Waals surface area contributed by atoms with Gasteiger partial charge in [-0.1, -0.05) is 0 Å². The van der Waals surface area contributed by atoms with Gasteiger partial charge in [0.25, 0.3) is 5.91 Å². The summed E-state index contributed by atoms with van der Waals surface area (Å²) in [6.07, 6.45) is 0.738. The molecule has 0 aromatic heterocycles. The molecule has 3 rings (SSSR count). The number of ether oxygens (including phenoxy) is 2. The second-order valence-corrected chi connectivity index (χ2v) is 7.19. The number of piperidine rings is 1. The third-order valence-electron chi connectivity index (χ3n) is 5.46. The van der Waals surface area contributed by atoms with Crippen molar-refractivity contribution in [1.82, 2.24) is 4.90 Å². The van der Waals surface area contributed by atoms with Gasteiger partial charge in [-0.2, -0.15) is 0 Å². The van der Waals surface area contributed by atoms with Crippen LogP contribution in [0.4, 0.5) is 5.69 Å². The second-order valence-electron chi connectivity index (χ2n) is 7.19. The lowest BCUT2D eigenvalue weighted by Gasteiger charge is -2.33. The van der Waals surface area contributed by atoms with Crippen molar-refractivity contribution in [2.24, 2.45) is 5.92 Å². The Morgan fingerprint density at radius 2 is 1.50 bits per heavy atom. The standard InChI is InChI=1S/C20H22N2O8/c1-29-19(27)12-7-13(20(28)30-2)9-14(8-12)22-16(23)10-15(17(22)24)21-5-3-11(4-6-21)18(25)26/h7-9,11,15H,3-6,10H2,1-2H3,(H,25,26)/t15-/m0/s1. The van der Waals surface area contributed by atoms with E-state index >= 15 is 0 Å². The van der Waals surface area contributed by atoms with Crippen LogP contribution in [0.25, 0.3) is 0 Å². The zero-order valence-electron chi connectivity index (χ0n) is 16.6. The van der Waals surface area contributed by atoms with E-state index in [1.54, 1.807) is 0 Å². The van der Waals surface area contributed by atoms with Gasteiger partial charge < -0.3 is 14.6 Å². The van der Waals surface area contributed by atoms with E-state index in [1.165, 1.54) is 32.4 Å². The molecule has 0 unspecified atom stereocenters. The summed E-state index contributed by atoms with van der Waals surface area (Å²) in [4.78, 5) is 63.6. The largest absolute Gasteiger partial charge is 0.481 e. The van der Waals surface area contributed by atoms with E-state index in [2.05, 4.69) is 9.47 Å². The molecule has 1 aromatic rings. The SMILES string of the molecule is COC(=O)c1cc(C(=O)OC)cc(N2C(=O)C[C@H](N3CCC(C(=O)O)CC3)C2=O)c1. The first-order chi connectivity index (χ1) is 14.3. The molecule has 0 spiro atoms. The molecule has 160 valence electrons. The molecular weight excluding hydrogens is 396 g/mol. The topological polar surface area (TPSA) is 131 Å². The zero-order valence-corrected chi connectivity index (χ0v) is 16.6. The Balaban J connectivity index is 1.88. The zero-order chi connectivity index (χ0) is 22.0. The number of carboxylic acids is 1. The molecule has 2 aliphatic rings. The Kier molecular flexibility index (Phi) is 6.16. The maximum atomic E-state index is 13.0. The summed E-state index contributed by atoms with van der Waals surface area (Å²) in [5, 5.41) is 9.13. The fourth-order valence-electron chi connectivity index (χ4n) is 3.84. The van der Waals surface area contributed by atoms with Gasteiger partial charge in [0, 0.05) is 0 Å². The summed E-state index contributed by atoms with van der Waals surface area (Å²) < 4.78 is 9.37. The molecule has 2 saturated heterocycles. The van der Waals surface area contributed by atoms with Gasteiger partial charge >= 0.3 is 17.9 Å². The summed E-state index contributed by atoms with van der Waals surface area (Å²) in [6, 6.07) is 3.18. The Morgan fingerprint density at radius 3 is 1.97 bits per heavy atom. The minimum absolute atomic E-state index is 0.00159. The number of amides is 2. The highest BCUT2D eigenvalue weighted by Gasteiger charge is 2.44. The number of rotatable bonds is 5. The number of anilines is 1. The van der Waals surface area contributed by atoms with E-state index in [1.807, 2.05) is 4.90 Å². The lowest BCUT2D eigenvalue weighted by Crippen LogP contribution is -2.46. The van der Waals surface area contributed by atoms with Crippen molar-refractivity contribution in [2.75, 3.05) is 32.2 Å². The quantitative estimate of drug-likeness (QED) is 0.542. The molecule has 1 atom stereocenters. The van der Waals surface area contributed by atoms with Crippen LogP contribution >= 0.6 is 0 Å². The number of hydrogen-bond acceptors (Lipinski definition) is 8. The molecule has 10 heteroatoms. The average Bonchev–Trinajstić information content (AvgIpc) is 3.06. The maximum absolute atomic E-state index is 13.0. The van der Waals surface area contributed by atoms with Gasteiger partial charge in [-0.15, -0.1) is 0 Å². The summed E-state index contributed by atoms with van der Waals surface area (Å²) >= 11 is 0. The molecular formula is C20H22N2O8.